The molecular weight excluding hydrogens is 443 g/mol. The van der Waals surface area contributed by atoms with Gasteiger partial charge < -0.3 is 20.1 Å². The second kappa shape index (κ2) is 11.6. The summed E-state index contributed by atoms with van der Waals surface area (Å²) in [5.41, 5.74) is 2.68. The van der Waals surface area contributed by atoms with Gasteiger partial charge in [-0.3, -0.25) is 4.79 Å². The highest BCUT2D eigenvalue weighted by atomic mass is 35.5. The van der Waals surface area contributed by atoms with E-state index in [0.717, 1.165) is 16.9 Å². The van der Waals surface area contributed by atoms with E-state index >= 15 is 0 Å². The molecule has 0 saturated carbocycles. The molecule has 3 aromatic rings. The smallest absolute Gasteiger partial charge is 0.224 e. The van der Waals surface area contributed by atoms with E-state index in [4.69, 9.17) is 21.1 Å². The molecule has 0 aliphatic heterocycles. The monoisotopic (exact) mass is 470 g/mol. The van der Waals surface area contributed by atoms with Crippen molar-refractivity contribution in [2.24, 2.45) is 5.92 Å². The van der Waals surface area contributed by atoms with Crippen LogP contribution < -0.4 is 20.1 Å². The van der Waals surface area contributed by atoms with Gasteiger partial charge in [0.15, 0.2) is 11.5 Å². The number of hydrogen-bond acceptors (Lipinski definition) is 4. The predicted octanol–water partition coefficient (Wildman–Crippen LogP) is 6.66. The zero-order valence-electron chi connectivity index (χ0n) is 19.0. The number of rotatable bonds is 10. The molecule has 3 rings (SSSR count). The third kappa shape index (κ3) is 6.86. The summed E-state index contributed by atoms with van der Waals surface area (Å²) < 4.78 is 25.6. The van der Waals surface area contributed by atoms with Gasteiger partial charge in [-0.2, -0.15) is 0 Å². The molecule has 0 radical (unpaired) electrons. The summed E-state index contributed by atoms with van der Waals surface area (Å²) in [5, 5.41) is 6.57. The molecule has 0 aromatic heterocycles. The standard InChI is InChI=1S/C26H28ClFN2O3/c1-17(2)13-25(31)30-20-9-5-8-19(14-20)29-15-18-7-4-12-24(32-3)26(18)33-16-21-22(27)10-6-11-23(21)28/h4-12,14,17,29H,13,15-16H2,1-3H3,(H,30,31). The zero-order valence-corrected chi connectivity index (χ0v) is 19.7. The van der Waals surface area contributed by atoms with E-state index < -0.39 is 5.82 Å². The maximum absolute atomic E-state index is 14.2. The normalized spacial score (nSPS) is 10.7. The second-order valence-corrected chi connectivity index (χ2v) is 8.43. The fraction of sp³-hybridized carbons (Fsp3) is 0.269. The molecule has 0 aliphatic carbocycles. The van der Waals surface area contributed by atoms with E-state index in [9.17, 15) is 9.18 Å². The van der Waals surface area contributed by atoms with Gasteiger partial charge in [-0.15, -0.1) is 0 Å². The molecule has 5 nitrogen and oxygen atoms in total. The van der Waals surface area contributed by atoms with Crippen molar-refractivity contribution in [2.75, 3.05) is 17.7 Å². The molecule has 3 aromatic carbocycles. The van der Waals surface area contributed by atoms with Crippen LogP contribution in [0.15, 0.2) is 60.7 Å². The first-order chi connectivity index (χ1) is 15.9. The van der Waals surface area contributed by atoms with Gasteiger partial charge in [0, 0.05) is 35.5 Å². The number of para-hydroxylation sites is 1. The number of carbonyl (C=O) groups excluding carboxylic acids is 1. The van der Waals surface area contributed by atoms with Crippen molar-refractivity contribution in [3.63, 3.8) is 0 Å². The highest BCUT2D eigenvalue weighted by molar-refractivity contribution is 6.31. The zero-order chi connectivity index (χ0) is 23.8. The fourth-order valence-electron chi connectivity index (χ4n) is 3.33. The molecule has 0 unspecified atom stereocenters. The van der Waals surface area contributed by atoms with Gasteiger partial charge >= 0.3 is 0 Å². The number of anilines is 2. The number of methoxy groups -OCH3 is 1. The molecule has 33 heavy (non-hydrogen) atoms. The number of halogens is 2. The maximum atomic E-state index is 14.2. The second-order valence-electron chi connectivity index (χ2n) is 8.02. The highest BCUT2D eigenvalue weighted by Gasteiger charge is 2.14. The maximum Gasteiger partial charge on any atom is 0.224 e. The van der Waals surface area contributed by atoms with Crippen LogP contribution in [-0.2, 0) is 17.9 Å². The van der Waals surface area contributed by atoms with E-state index in [1.807, 2.05) is 50.2 Å². The summed E-state index contributed by atoms with van der Waals surface area (Å²) in [6, 6.07) is 17.6. The van der Waals surface area contributed by atoms with Crippen LogP contribution >= 0.6 is 11.6 Å². The number of amides is 1. The molecule has 174 valence electrons. The fourth-order valence-corrected chi connectivity index (χ4v) is 3.54. The lowest BCUT2D eigenvalue weighted by molar-refractivity contribution is -0.116. The van der Waals surface area contributed by atoms with Crippen LogP contribution in [0.2, 0.25) is 5.02 Å². The van der Waals surface area contributed by atoms with E-state index in [1.54, 1.807) is 25.3 Å². The lowest BCUT2D eigenvalue weighted by Crippen LogP contribution is -2.14. The van der Waals surface area contributed by atoms with Gasteiger partial charge in [0.1, 0.15) is 12.4 Å². The average molecular weight is 471 g/mol. The predicted molar refractivity (Wildman–Crippen MR) is 131 cm³/mol. The third-order valence-corrected chi connectivity index (χ3v) is 5.28. The third-order valence-electron chi connectivity index (χ3n) is 4.93. The molecule has 0 heterocycles. The van der Waals surface area contributed by atoms with Gasteiger partial charge in [0.05, 0.1) is 12.1 Å². The van der Waals surface area contributed by atoms with Crippen molar-refractivity contribution < 1.29 is 18.7 Å². The topological polar surface area (TPSA) is 59.6 Å². The Kier molecular flexibility index (Phi) is 8.55. The summed E-state index contributed by atoms with van der Waals surface area (Å²) in [4.78, 5) is 12.1. The number of benzene rings is 3. The van der Waals surface area contributed by atoms with Crippen LogP contribution in [-0.4, -0.2) is 13.0 Å². The SMILES string of the molecule is COc1cccc(CNc2cccc(NC(=O)CC(C)C)c2)c1OCc1c(F)cccc1Cl. The number of nitrogens with one attached hydrogen (secondary N) is 2. The van der Waals surface area contributed by atoms with Crippen molar-refractivity contribution in [1.29, 1.82) is 0 Å². The molecule has 0 spiro atoms. The Balaban J connectivity index is 1.73. The Morgan fingerprint density at radius 2 is 1.79 bits per heavy atom. The lowest BCUT2D eigenvalue weighted by atomic mass is 10.1. The molecule has 0 fully saturated rings. The first kappa shape index (κ1) is 24.4. The quantitative estimate of drug-likeness (QED) is 0.347. The summed E-state index contributed by atoms with van der Waals surface area (Å²) in [6.45, 7) is 4.41. The Bertz CT molecular complexity index is 1080. The van der Waals surface area contributed by atoms with Crippen LogP contribution in [0.4, 0.5) is 15.8 Å². The minimum atomic E-state index is -0.423. The van der Waals surface area contributed by atoms with Crippen LogP contribution in [0.1, 0.15) is 31.4 Å². The molecule has 0 saturated heterocycles. The first-order valence-electron chi connectivity index (χ1n) is 10.7. The van der Waals surface area contributed by atoms with E-state index in [2.05, 4.69) is 10.6 Å². The minimum Gasteiger partial charge on any atom is -0.493 e. The number of carbonyl (C=O) groups is 1. The molecule has 1 amide bonds. The Hall–Kier alpha value is -3.25. The van der Waals surface area contributed by atoms with Crippen molar-refractivity contribution in [2.45, 2.75) is 33.4 Å². The van der Waals surface area contributed by atoms with Crippen LogP contribution in [0.3, 0.4) is 0 Å². The van der Waals surface area contributed by atoms with Crippen molar-refractivity contribution in [1.82, 2.24) is 0 Å². The summed E-state index contributed by atoms with van der Waals surface area (Å²) in [6.07, 6.45) is 0.466. The molecule has 2 N–H and O–H groups in total. The average Bonchev–Trinajstić information content (AvgIpc) is 2.77. The Morgan fingerprint density at radius 1 is 1.06 bits per heavy atom. The largest absolute Gasteiger partial charge is 0.493 e. The molecule has 0 atom stereocenters. The van der Waals surface area contributed by atoms with Gasteiger partial charge in [-0.25, -0.2) is 4.39 Å². The van der Waals surface area contributed by atoms with Crippen LogP contribution in [0.25, 0.3) is 0 Å². The molecular formula is C26H28ClFN2O3. The van der Waals surface area contributed by atoms with E-state index in [0.29, 0.717) is 29.5 Å². The van der Waals surface area contributed by atoms with E-state index in [1.165, 1.54) is 6.07 Å². The number of ether oxygens (including phenoxy) is 2. The minimum absolute atomic E-state index is 0.0163. The Morgan fingerprint density at radius 3 is 2.52 bits per heavy atom. The molecule has 0 aliphatic rings. The van der Waals surface area contributed by atoms with Gasteiger partial charge in [0.25, 0.3) is 0 Å². The molecule has 0 bridgehead atoms. The molecule has 7 heteroatoms. The lowest BCUT2D eigenvalue weighted by Gasteiger charge is -2.17. The highest BCUT2D eigenvalue weighted by Crippen LogP contribution is 2.33. The van der Waals surface area contributed by atoms with Crippen LogP contribution in [0.5, 0.6) is 11.5 Å². The van der Waals surface area contributed by atoms with Crippen molar-refractivity contribution in [3.8, 4) is 11.5 Å². The van der Waals surface area contributed by atoms with Crippen LogP contribution in [0, 0.1) is 11.7 Å². The van der Waals surface area contributed by atoms with Gasteiger partial charge in [-0.1, -0.05) is 49.7 Å². The van der Waals surface area contributed by atoms with Crippen molar-refractivity contribution in [3.05, 3.63) is 82.6 Å². The summed E-state index contributed by atoms with van der Waals surface area (Å²) in [5.74, 6) is 0.896. The summed E-state index contributed by atoms with van der Waals surface area (Å²) >= 11 is 6.14. The van der Waals surface area contributed by atoms with Crippen molar-refractivity contribution >= 4 is 28.9 Å². The Labute approximate surface area is 198 Å². The number of hydrogen-bond donors (Lipinski definition) is 2. The first-order valence-corrected chi connectivity index (χ1v) is 11.1. The summed E-state index contributed by atoms with van der Waals surface area (Å²) in [7, 11) is 1.55. The van der Waals surface area contributed by atoms with Gasteiger partial charge in [-0.05, 0) is 42.3 Å². The van der Waals surface area contributed by atoms with E-state index in [-0.39, 0.29) is 24.0 Å². The van der Waals surface area contributed by atoms with Gasteiger partial charge in [0.2, 0.25) is 5.91 Å².